The highest BCUT2D eigenvalue weighted by atomic mass is 32.1. The number of thiophene rings is 1. The van der Waals surface area contributed by atoms with Gasteiger partial charge in [0.25, 0.3) is 11.8 Å². The third kappa shape index (κ3) is 5.42. The number of nitrogen functional groups attached to an aromatic ring is 1. The number of nitrogens with two attached hydrogens (primary N) is 3. The van der Waals surface area contributed by atoms with E-state index in [1.165, 1.54) is 11.3 Å². The minimum absolute atomic E-state index is 0.156. The normalized spacial score (nSPS) is 22.3. The maximum absolute atomic E-state index is 14.4. The molecule has 1 aliphatic heterocycles. The van der Waals surface area contributed by atoms with Crippen LogP contribution in [0.3, 0.4) is 0 Å². The van der Waals surface area contributed by atoms with Crippen LogP contribution in [0.1, 0.15) is 63.7 Å². The maximum atomic E-state index is 14.4. The van der Waals surface area contributed by atoms with E-state index >= 15 is 0 Å². The third-order valence-electron chi connectivity index (χ3n) is 9.55. The van der Waals surface area contributed by atoms with Gasteiger partial charge in [0.05, 0.1) is 15.6 Å². The number of anilines is 1. The van der Waals surface area contributed by atoms with Crippen molar-refractivity contribution in [3.8, 4) is 17.6 Å². The first-order chi connectivity index (χ1) is 23.1. The number of carbonyl (C=O) groups excluding carboxylic acids is 3. The molecular formula is C37H36N6O4S. The second-order valence-corrected chi connectivity index (χ2v) is 13.9. The lowest BCUT2D eigenvalue weighted by molar-refractivity contribution is -0.128. The van der Waals surface area contributed by atoms with Crippen LogP contribution in [0.4, 0.5) is 5.69 Å². The number of amides is 2. The molecule has 4 aromatic rings. The zero-order valence-electron chi connectivity index (χ0n) is 26.5. The lowest BCUT2D eigenvalue weighted by Crippen LogP contribution is -2.53. The molecule has 0 spiro atoms. The van der Waals surface area contributed by atoms with E-state index in [0.717, 1.165) is 18.4 Å². The summed E-state index contributed by atoms with van der Waals surface area (Å²) in [5, 5.41) is 13.3. The number of hydrogen-bond donors (Lipinski definition) is 4. The smallest absolute Gasteiger partial charge is 0.264 e. The van der Waals surface area contributed by atoms with Gasteiger partial charge < -0.3 is 32.2 Å². The summed E-state index contributed by atoms with van der Waals surface area (Å²) >= 11 is 1.18. The molecule has 11 heteroatoms. The molecule has 2 fully saturated rings. The Hall–Kier alpha value is -5.02. The van der Waals surface area contributed by atoms with Crippen LogP contribution in [-0.4, -0.2) is 41.6 Å². The average molecular weight is 661 g/mol. The largest absolute Gasteiger partial charge is 0.457 e. The molecule has 244 valence electrons. The lowest BCUT2D eigenvalue weighted by Gasteiger charge is -2.37. The van der Waals surface area contributed by atoms with Crippen molar-refractivity contribution in [1.82, 2.24) is 10.2 Å². The van der Waals surface area contributed by atoms with Crippen molar-refractivity contribution in [1.29, 1.82) is 5.26 Å². The van der Waals surface area contributed by atoms with Crippen LogP contribution in [0.5, 0.6) is 11.5 Å². The van der Waals surface area contributed by atoms with Gasteiger partial charge in [-0.25, -0.2) is 0 Å². The summed E-state index contributed by atoms with van der Waals surface area (Å²) in [5.74, 6) is 0.294. The predicted molar refractivity (Wildman–Crippen MR) is 184 cm³/mol. The summed E-state index contributed by atoms with van der Waals surface area (Å²) in [6, 6.07) is 18.7. The standard InChI is InChI=1S/C37H36N6O4S/c1-20-9-12-25(47-24-7-3-2-4-8-24)17-27(20)37(41)26-13-14-28(39)32-29(26)30(31(40)34(37)44)33(48-32)35(45)42-23-6-5-15-43(19-23)36(46)22(18-38)16-21-10-11-21/h2-4,7-9,12-14,16-17,21,23,31H,5-6,10-11,15,19,39-41H2,1H3,(H,42,45)/b22-16+. The minimum Gasteiger partial charge on any atom is -0.457 e. The van der Waals surface area contributed by atoms with Crippen molar-refractivity contribution in [2.45, 2.75) is 50.2 Å². The van der Waals surface area contributed by atoms with Gasteiger partial charge in [0, 0.05) is 35.8 Å². The molecule has 48 heavy (non-hydrogen) atoms. The van der Waals surface area contributed by atoms with Crippen molar-refractivity contribution in [2.24, 2.45) is 17.4 Å². The number of rotatable bonds is 7. The van der Waals surface area contributed by atoms with Crippen molar-refractivity contribution < 1.29 is 19.1 Å². The number of Topliss-reactive ketones (excluding diaryl/α,β-unsaturated/α-hetero) is 1. The predicted octanol–water partition coefficient (Wildman–Crippen LogP) is 4.95. The molecule has 1 saturated carbocycles. The number of nitrogens with one attached hydrogen (secondary N) is 1. The molecular weight excluding hydrogens is 625 g/mol. The van der Waals surface area contributed by atoms with Crippen LogP contribution in [0.15, 0.2) is 72.3 Å². The van der Waals surface area contributed by atoms with Gasteiger partial charge in [0.1, 0.15) is 28.7 Å². The number of carbonyl (C=O) groups is 3. The highest BCUT2D eigenvalue weighted by Crippen LogP contribution is 2.50. The summed E-state index contributed by atoms with van der Waals surface area (Å²) in [6.45, 7) is 2.67. The maximum Gasteiger partial charge on any atom is 0.264 e. The fraction of sp³-hybridized carbons (Fsp3) is 0.297. The van der Waals surface area contributed by atoms with Crippen LogP contribution < -0.4 is 27.3 Å². The van der Waals surface area contributed by atoms with E-state index in [4.69, 9.17) is 21.9 Å². The van der Waals surface area contributed by atoms with Crippen molar-refractivity contribution in [2.75, 3.05) is 18.8 Å². The first-order valence-corrected chi connectivity index (χ1v) is 16.9. The van der Waals surface area contributed by atoms with Gasteiger partial charge in [-0.05, 0) is 85.5 Å². The number of hydrogen-bond acceptors (Lipinski definition) is 9. The van der Waals surface area contributed by atoms with Crippen molar-refractivity contribution in [3.05, 3.63) is 99.4 Å². The Morgan fingerprint density at radius 3 is 2.58 bits per heavy atom. The molecule has 1 aromatic heterocycles. The molecule has 3 aliphatic rings. The molecule has 2 aliphatic carbocycles. The highest BCUT2D eigenvalue weighted by Gasteiger charge is 2.49. The minimum atomic E-state index is -1.63. The van der Waals surface area contributed by atoms with Crippen molar-refractivity contribution in [3.63, 3.8) is 0 Å². The Bertz CT molecular complexity index is 2050. The number of nitriles is 1. The first kappa shape index (κ1) is 31.6. The lowest BCUT2D eigenvalue weighted by atomic mass is 9.69. The Kier molecular flexibility index (Phi) is 8.03. The number of nitrogens with zero attached hydrogens (tertiary/aromatic N) is 2. The fourth-order valence-corrected chi connectivity index (χ4v) is 8.10. The number of ketones is 1. The van der Waals surface area contributed by atoms with E-state index in [-0.39, 0.29) is 24.1 Å². The van der Waals surface area contributed by atoms with E-state index in [1.807, 2.05) is 49.4 Å². The Balaban J connectivity index is 1.22. The zero-order chi connectivity index (χ0) is 33.7. The average Bonchev–Trinajstić information content (AvgIpc) is 3.83. The van der Waals surface area contributed by atoms with E-state index in [1.54, 1.807) is 29.2 Å². The monoisotopic (exact) mass is 660 g/mol. The summed E-state index contributed by atoms with van der Waals surface area (Å²) in [5.41, 5.74) is 21.6. The molecule has 2 heterocycles. The molecule has 10 nitrogen and oxygen atoms in total. The van der Waals surface area contributed by atoms with Gasteiger partial charge in [0.2, 0.25) is 0 Å². The van der Waals surface area contributed by atoms with E-state index < -0.39 is 23.3 Å². The molecule has 0 bridgehead atoms. The zero-order valence-corrected chi connectivity index (χ0v) is 27.3. The number of para-hydroxylation sites is 1. The number of ether oxygens (including phenoxy) is 1. The van der Waals surface area contributed by atoms with Crippen LogP contribution in [0, 0.1) is 24.2 Å². The van der Waals surface area contributed by atoms with E-state index in [9.17, 15) is 19.6 Å². The Labute approximate surface area is 282 Å². The molecule has 2 amide bonds. The van der Waals surface area contributed by atoms with E-state index in [2.05, 4.69) is 11.4 Å². The quantitative estimate of drug-likeness (QED) is 0.122. The van der Waals surface area contributed by atoms with Crippen LogP contribution in [-0.2, 0) is 15.1 Å². The van der Waals surface area contributed by atoms with Gasteiger partial charge >= 0.3 is 0 Å². The summed E-state index contributed by atoms with van der Waals surface area (Å²) in [6.07, 6.45) is 5.08. The highest BCUT2D eigenvalue weighted by molar-refractivity contribution is 7.21. The van der Waals surface area contributed by atoms with Gasteiger partial charge in [-0.2, -0.15) is 5.26 Å². The van der Waals surface area contributed by atoms with Gasteiger partial charge in [-0.15, -0.1) is 11.3 Å². The number of piperidine rings is 1. The Morgan fingerprint density at radius 1 is 1.08 bits per heavy atom. The third-order valence-corrected chi connectivity index (χ3v) is 10.8. The fourth-order valence-electron chi connectivity index (χ4n) is 6.90. The summed E-state index contributed by atoms with van der Waals surface area (Å²) in [7, 11) is 0. The molecule has 7 N–H and O–H groups in total. The first-order valence-electron chi connectivity index (χ1n) is 16.1. The van der Waals surface area contributed by atoms with Crippen LogP contribution in [0.25, 0.3) is 10.1 Å². The van der Waals surface area contributed by atoms with Crippen LogP contribution >= 0.6 is 11.3 Å². The molecule has 0 radical (unpaired) electrons. The van der Waals surface area contributed by atoms with Gasteiger partial charge in [-0.3, -0.25) is 14.4 Å². The second-order valence-electron chi connectivity index (χ2n) is 12.9. The SMILES string of the molecule is Cc1ccc(Oc2ccccc2)cc1C1(N)C(=O)C(N)c2c(C(=O)NC3CCCN(C(=O)/C(C#N)=C/C4CC4)C3)sc3c(N)ccc1c23. The molecule has 1 saturated heterocycles. The topological polar surface area (TPSA) is 178 Å². The van der Waals surface area contributed by atoms with Gasteiger partial charge in [0.15, 0.2) is 5.78 Å². The second kappa shape index (κ2) is 12.2. The molecule has 3 aromatic carbocycles. The summed E-state index contributed by atoms with van der Waals surface area (Å²) in [4.78, 5) is 43.4. The van der Waals surface area contributed by atoms with Gasteiger partial charge in [-0.1, -0.05) is 36.4 Å². The number of allylic oxidation sites excluding steroid dienone is 1. The number of aryl methyl sites for hydroxylation is 1. The molecule has 7 rings (SSSR count). The Morgan fingerprint density at radius 2 is 1.85 bits per heavy atom. The van der Waals surface area contributed by atoms with Crippen LogP contribution in [0.2, 0.25) is 0 Å². The summed E-state index contributed by atoms with van der Waals surface area (Å²) < 4.78 is 6.72. The number of likely N-dealkylation sites (tertiary alicyclic amines) is 1. The molecule has 3 atom stereocenters. The molecule has 3 unspecified atom stereocenters. The van der Waals surface area contributed by atoms with E-state index in [0.29, 0.717) is 74.1 Å². The number of benzene rings is 3. The van der Waals surface area contributed by atoms with Crippen molar-refractivity contribution >= 4 is 44.7 Å².